The fourth-order valence-corrected chi connectivity index (χ4v) is 7.10. The number of rotatable bonds is 8. The van der Waals surface area contributed by atoms with Crippen LogP contribution in [0.3, 0.4) is 0 Å². The minimum Gasteiger partial charge on any atom is -0.306 e. The summed E-state index contributed by atoms with van der Waals surface area (Å²) in [6.45, 7) is 3.10. The number of nitrogens with zero attached hydrogens (tertiary/aromatic N) is 2. The van der Waals surface area contributed by atoms with Crippen LogP contribution in [0.25, 0.3) is 0 Å². The Bertz CT molecular complexity index is 836. The predicted molar refractivity (Wildman–Crippen MR) is 120 cm³/mol. The Kier molecular flexibility index (Phi) is 5.28. The van der Waals surface area contributed by atoms with Crippen molar-refractivity contribution in [1.29, 1.82) is 0 Å². The van der Waals surface area contributed by atoms with Crippen LogP contribution in [-0.4, -0.2) is 30.5 Å². The van der Waals surface area contributed by atoms with Gasteiger partial charge in [0.2, 0.25) is 0 Å². The zero-order valence-electron chi connectivity index (χ0n) is 18.2. The van der Waals surface area contributed by atoms with Gasteiger partial charge in [0.1, 0.15) is 5.71 Å². The van der Waals surface area contributed by atoms with E-state index in [9.17, 15) is 9.59 Å². The van der Waals surface area contributed by atoms with Gasteiger partial charge in [-0.1, -0.05) is 44.4 Å². The number of fused-ring (bicyclic) bond motifs is 1. The maximum absolute atomic E-state index is 13.4. The molecule has 4 heteroatoms. The Balaban J connectivity index is 1.32. The van der Waals surface area contributed by atoms with Crippen LogP contribution < -0.4 is 4.90 Å². The lowest BCUT2D eigenvalue weighted by Gasteiger charge is -2.55. The van der Waals surface area contributed by atoms with Crippen molar-refractivity contribution < 1.29 is 9.59 Å². The molecule has 0 N–H and O–H groups in total. The summed E-state index contributed by atoms with van der Waals surface area (Å²) >= 11 is 0. The summed E-state index contributed by atoms with van der Waals surface area (Å²) in [5, 5.41) is 0. The van der Waals surface area contributed by atoms with E-state index in [0.29, 0.717) is 11.5 Å². The molecule has 0 unspecified atom stereocenters. The molecule has 1 heterocycles. The number of carbonyl (C=O) groups excluding carboxylic acids is 2. The number of Topliss-reactive ketones (excluding diaryl/α,β-unsaturated/α-hetero) is 1. The van der Waals surface area contributed by atoms with Crippen molar-refractivity contribution in [3.63, 3.8) is 0 Å². The van der Waals surface area contributed by atoms with Gasteiger partial charge in [-0.2, -0.15) is 0 Å². The third-order valence-electron chi connectivity index (χ3n) is 8.14. The van der Waals surface area contributed by atoms with E-state index in [2.05, 4.69) is 11.9 Å². The number of aliphatic imine (C=N–C) groups is 1. The van der Waals surface area contributed by atoms with Crippen molar-refractivity contribution in [1.82, 2.24) is 0 Å². The summed E-state index contributed by atoms with van der Waals surface area (Å²) < 4.78 is 0. The molecule has 4 bridgehead atoms. The van der Waals surface area contributed by atoms with Gasteiger partial charge in [-0.15, -0.1) is 0 Å². The summed E-state index contributed by atoms with van der Waals surface area (Å²) in [6, 6.07) is 7.93. The maximum Gasteiger partial charge on any atom is 0.277 e. The molecule has 4 fully saturated rings. The summed E-state index contributed by atoms with van der Waals surface area (Å²) in [6.07, 6.45) is 11.7. The van der Waals surface area contributed by atoms with Crippen LogP contribution in [0.5, 0.6) is 0 Å². The molecule has 0 aromatic heterocycles. The van der Waals surface area contributed by atoms with E-state index in [4.69, 9.17) is 0 Å². The second-order valence-electron chi connectivity index (χ2n) is 10.3. The summed E-state index contributed by atoms with van der Waals surface area (Å²) in [5.74, 6) is 2.52. The molecule has 1 aromatic rings. The van der Waals surface area contributed by atoms with Crippen LogP contribution >= 0.6 is 0 Å². The number of hydrogen-bond donors (Lipinski definition) is 0. The molecule has 4 aliphatic carbocycles. The van der Waals surface area contributed by atoms with Crippen molar-refractivity contribution in [2.24, 2.45) is 28.2 Å². The third-order valence-corrected chi connectivity index (χ3v) is 8.14. The standard InChI is InChI=1S/C26H34N2O2/c1-2-3-4-7-10-28-22-9-6-5-8-21(22)24(25(28)30)27-17-23(29)26-14-18-11-19(15-26)13-20(12-18)16-26/h5-6,8-9,18-20H,2-4,7,10-17H2,1H3/b27-24-. The average molecular weight is 407 g/mol. The SMILES string of the molecule is CCCCCCN1C(=O)/C(=N\CC(=O)C23CC4CC(CC(C4)C2)C3)c2ccccc21. The summed E-state index contributed by atoms with van der Waals surface area (Å²) in [4.78, 5) is 33.1. The van der Waals surface area contributed by atoms with Gasteiger partial charge in [0, 0.05) is 17.5 Å². The quantitative estimate of drug-likeness (QED) is 0.558. The molecule has 1 amide bonds. The first-order valence-corrected chi connectivity index (χ1v) is 12.1. The molecule has 1 aliphatic heterocycles. The zero-order valence-corrected chi connectivity index (χ0v) is 18.2. The van der Waals surface area contributed by atoms with E-state index in [-0.39, 0.29) is 17.9 Å². The Morgan fingerprint density at radius 2 is 1.70 bits per heavy atom. The van der Waals surface area contributed by atoms with Gasteiger partial charge < -0.3 is 4.90 Å². The monoisotopic (exact) mass is 406 g/mol. The Labute approximate surface area is 180 Å². The molecule has 30 heavy (non-hydrogen) atoms. The van der Waals surface area contributed by atoms with E-state index in [0.717, 1.165) is 67.7 Å². The molecular weight excluding hydrogens is 372 g/mol. The number of amides is 1. The third kappa shape index (κ3) is 3.42. The van der Waals surface area contributed by atoms with Crippen LogP contribution in [-0.2, 0) is 9.59 Å². The van der Waals surface area contributed by atoms with Crippen LogP contribution in [0.1, 0.15) is 76.7 Å². The Morgan fingerprint density at radius 3 is 2.37 bits per heavy atom. The second-order valence-corrected chi connectivity index (χ2v) is 10.3. The topological polar surface area (TPSA) is 49.7 Å². The number of para-hydroxylation sites is 1. The minimum atomic E-state index is -0.139. The number of anilines is 1. The molecule has 0 atom stereocenters. The van der Waals surface area contributed by atoms with Gasteiger partial charge in [-0.3, -0.25) is 14.6 Å². The van der Waals surface area contributed by atoms with Crippen molar-refractivity contribution >= 4 is 23.1 Å². The van der Waals surface area contributed by atoms with Crippen LogP contribution in [0, 0.1) is 23.2 Å². The van der Waals surface area contributed by atoms with Gasteiger partial charge in [-0.25, -0.2) is 0 Å². The van der Waals surface area contributed by atoms with Crippen molar-refractivity contribution in [3.8, 4) is 0 Å². The van der Waals surface area contributed by atoms with Crippen LogP contribution in [0.2, 0.25) is 0 Å². The van der Waals surface area contributed by atoms with Gasteiger partial charge in [-0.05, 0) is 68.8 Å². The lowest BCUT2D eigenvalue weighted by atomic mass is 9.48. The molecule has 0 spiro atoms. The molecular formula is C26H34N2O2. The first-order chi connectivity index (χ1) is 14.6. The van der Waals surface area contributed by atoms with Crippen molar-refractivity contribution in [3.05, 3.63) is 29.8 Å². The Morgan fingerprint density at radius 1 is 1.03 bits per heavy atom. The number of benzene rings is 1. The molecule has 1 aromatic carbocycles. The first kappa shape index (κ1) is 20.0. The van der Waals surface area contributed by atoms with E-state index >= 15 is 0 Å². The molecule has 160 valence electrons. The van der Waals surface area contributed by atoms with E-state index in [1.165, 1.54) is 32.1 Å². The lowest BCUT2D eigenvalue weighted by molar-refractivity contribution is -0.142. The summed E-state index contributed by atoms with van der Waals surface area (Å²) in [5.41, 5.74) is 2.22. The van der Waals surface area contributed by atoms with Gasteiger partial charge in [0.15, 0.2) is 5.78 Å². The highest BCUT2D eigenvalue weighted by molar-refractivity contribution is 6.54. The molecule has 0 saturated heterocycles. The fourth-order valence-electron chi connectivity index (χ4n) is 7.10. The fraction of sp³-hybridized carbons (Fsp3) is 0.654. The minimum absolute atomic E-state index is 0.0222. The van der Waals surface area contributed by atoms with Gasteiger partial charge >= 0.3 is 0 Å². The van der Waals surface area contributed by atoms with Crippen molar-refractivity contribution in [2.75, 3.05) is 18.0 Å². The lowest BCUT2D eigenvalue weighted by Crippen LogP contribution is -2.50. The van der Waals surface area contributed by atoms with Gasteiger partial charge in [0.05, 0.1) is 12.2 Å². The smallest absolute Gasteiger partial charge is 0.277 e. The largest absolute Gasteiger partial charge is 0.306 e. The Hall–Kier alpha value is -1.97. The van der Waals surface area contributed by atoms with Crippen LogP contribution in [0.4, 0.5) is 5.69 Å². The second kappa shape index (κ2) is 7.94. The number of ketones is 1. The number of carbonyl (C=O) groups is 2. The van der Waals surface area contributed by atoms with E-state index < -0.39 is 0 Å². The molecule has 5 aliphatic rings. The summed E-state index contributed by atoms with van der Waals surface area (Å²) in [7, 11) is 0. The zero-order chi connectivity index (χ0) is 20.7. The normalized spacial score (nSPS) is 32.8. The number of unbranched alkanes of at least 4 members (excludes halogenated alkanes) is 3. The number of hydrogen-bond acceptors (Lipinski definition) is 3. The highest BCUT2D eigenvalue weighted by Gasteiger charge is 2.54. The van der Waals surface area contributed by atoms with Crippen molar-refractivity contribution in [2.45, 2.75) is 71.1 Å². The molecule has 6 rings (SSSR count). The van der Waals surface area contributed by atoms with E-state index in [1.807, 2.05) is 29.2 Å². The molecule has 0 radical (unpaired) electrons. The first-order valence-electron chi connectivity index (χ1n) is 12.1. The maximum atomic E-state index is 13.4. The molecule has 4 saturated carbocycles. The van der Waals surface area contributed by atoms with Gasteiger partial charge in [0.25, 0.3) is 5.91 Å². The molecule has 4 nitrogen and oxygen atoms in total. The van der Waals surface area contributed by atoms with E-state index in [1.54, 1.807) is 0 Å². The highest BCUT2D eigenvalue weighted by Crippen LogP contribution is 2.60. The van der Waals surface area contributed by atoms with Crippen LogP contribution in [0.15, 0.2) is 29.3 Å². The predicted octanol–water partition coefficient (Wildman–Crippen LogP) is 5.19. The average Bonchev–Trinajstić information content (AvgIpc) is 2.99. The highest BCUT2D eigenvalue weighted by atomic mass is 16.2.